The minimum atomic E-state index is -1.78. The van der Waals surface area contributed by atoms with Crippen molar-refractivity contribution in [2.45, 2.75) is 133 Å². The van der Waals surface area contributed by atoms with Crippen LogP contribution in [0, 0.1) is 0 Å². The molecule has 46 heavy (non-hydrogen) atoms. The molecule has 0 aliphatic carbocycles. The van der Waals surface area contributed by atoms with Gasteiger partial charge >= 0.3 is 5.97 Å². The van der Waals surface area contributed by atoms with E-state index in [4.69, 9.17) is 24.1 Å². The van der Waals surface area contributed by atoms with E-state index in [0.717, 1.165) is 17.6 Å². The second-order valence-corrected chi connectivity index (χ2v) is 12.2. The van der Waals surface area contributed by atoms with Crippen molar-refractivity contribution >= 4 is 5.97 Å². The molecule has 0 bridgehead atoms. The van der Waals surface area contributed by atoms with E-state index in [-0.39, 0.29) is 5.57 Å². The number of aliphatic carboxylic acids is 1. The van der Waals surface area contributed by atoms with Crippen LogP contribution in [0.25, 0.3) is 0 Å². The number of carboxylic acids is 1. The Kier molecular flexibility index (Phi) is 16.1. The molecule has 9 N–H and O–H groups in total. The summed E-state index contributed by atoms with van der Waals surface area (Å²) in [6, 6.07) is 0. The molecule has 0 saturated carbocycles. The SMILES string of the molecule is C=C[C@](C)(CC/C=C(\C)CC/C=C(\C)CC(O)/C=C(\C)C(=O)O)O[C@@H]1OC(CO)[C@@H](O)C(O)[C@@H]1O[C@@H]1OC(CO)[C@@H](O)C(O)[C@@H]1O. The average molecular weight is 661 g/mol. The molecule has 0 amide bonds. The van der Waals surface area contributed by atoms with Crippen LogP contribution in [-0.4, -0.2) is 138 Å². The van der Waals surface area contributed by atoms with Crippen LogP contribution in [0.2, 0.25) is 0 Å². The zero-order valence-electron chi connectivity index (χ0n) is 26.9. The predicted molar refractivity (Wildman–Crippen MR) is 164 cm³/mol. The maximum Gasteiger partial charge on any atom is 0.331 e. The van der Waals surface area contributed by atoms with Crippen molar-refractivity contribution in [2.75, 3.05) is 13.2 Å². The van der Waals surface area contributed by atoms with E-state index >= 15 is 0 Å². The average Bonchev–Trinajstić information content (AvgIpc) is 3.00. The summed E-state index contributed by atoms with van der Waals surface area (Å²) in [5.74, 6) is -1.07. The van der Waals surface area contributed by atoms with E-state index in [1.807, 2.05) is 26.0 Å². The van der Waals surface area contributed by atoms with Gasteiger partial charge in [-0.2, -0.15) is 0 Å². The van der Waals surface area contributed by atoms with Gasteiger partial charge in [0.2, 0.25) is 0 Å². The Labute approximate surface area is 269 Å². The highest BCUT2D eigenvalue weighted by Gasteiger charge is 2.51. The first-order valence-corrected chi connectivity index (χ1v) is 15.4. The topological polar surface area (TPSA) is 236 Å². The fraction of sp³-hybridized carbons (Fsp3) is 0.719. The van der Waals surface area contributed by atoms with E-state index in [1.54, 1.807) is 6.92 Å². The minimum absolute atomic E-state index is 0.0865. The van der Waals surface area contributed by atoms with E-state index in [9.17, 15) is 45.6 Å². The summed E-state index contributed by atoms with van der Waals surface area (Å²) in [7, 11) is 0. The Morgan fingerprint density at radius 3 is 2.00 bits per heavy atom. The third-order valence-electron chi connectivity index (χ3n) is 8.26. The summed E-state index contributed by atoms with van der Waals surface area (Å²) in [4.78, 5) is 10.9. The van der Waals surface area contributed by atoms with Crippen molar-refractivity contribution in [1.82, 2.24) is 0 Å². The van der Waals surface area contributed by atoms with Crippen LogP contribution >= 0.6 is 0 Å². The summed E-state index contributed by atoms with van der Waals surface area (Å²) in [6.45, 7) is 9.51. The molecule has 264 valence electrons. The number of allylic oxidation sites excluding steroid dienone is 3. The van der Waals surface area contributed by atoms with Gasteiger partial charge in [0.15, 0.2) is 12.6 Å². The van der Waals surface area contributed by atoms with E-state index in [0.29, 0.717) is 25.7 Å². The number of aliphatic hydroxyl groups is 8. The van der Waals surface area contributed by atoms with Crippen LogP contribution in [-0.2, 0) is 23.7 Å². The number of hydrogen-bond acceptors (Lipinski definition) is 13. The highest BCUT2D eigenvalue weighted by Crippen LogP contribution is 2.33. The molecule has 2 aliphatic rings. The van der Waals surface area contributed by atoms with Gasteiger partial charge in [-0.25, -0.2) is 4.79 Å². The number of hydrogen-bond donors (Lipinski definition) is 9. The molecule has 2 fully saturated rings. The summed E-state index contributed by atoms with van der Waals surface area (Å²) in [5.41, 5.74) is 1.05. The van der Waals surface area contributed by atoms with Gasteiger partial charge in [-0.3, -0.25) is 0 Å². The normalized spacial score (nSPS) is 35.0. The number of aliphatic hydroxyl groups excluding tert-OH is 8. The minimum Gasteiger partial charge on any atom is -0.478 e. The summed E-state index contributed by atoms with van der Waals surface area (Å²) < 4.78 is 23.1. The van der Waals surface area contributed by atoms with E-state index in [1.165, 1.54) is 19.1 Å². The van der Waals surface area contributed by atoms with Crippen LogP contribution in [0.1, 0.15) is 59.8 Å². The second-order valence-electron chi connectivity index (χ2n) is 12.2. The largest absolute Gasteiger partial charge is 0.478 e. The predicted octanol–water partition coefficient (Wildman–Crippen LogP) is -0.193. The van der Waals surface area contributed by atoms with Crippen molar-refractivity contribution in [3.05, 3.63) is 47.6 Å². The van der Waals surface area contributed by atoms with E-state index < -0.39 is 92.3 Å². The smallest absolute Gasteiger partial charge is 0.331 e. The molecular weight excluding hydrogens is 608 g/mol. The lowest BCUT2D eigenvalue weighted by molar-refractivity contribution is -0.375. The van der Waals surface area contributed by atoms with Crippen LogP contribution in [0.4, 0.5) is 0 Å². The number of carbonyl (C=O) groups is 1. The third kappa shape index (κ3) is 11.3. The van der Waals surface area contributed by atoms with E-state index in [2.05, 4.69) is 6.58 Å². The molecule has 0 aromatic heterocycles. The lowest BCUT2D eigenvalue weighted by atomic mass is 9.95. The molecule has 0 aromatic carbocycles. The van der Waals surface area contributed by atoms with Crippen LogP contribution < -0.4 is 0 Å². The molecule has 2 rings (SSSR count). The molecule has 14 nitrogen and oxygen atoms in total. The van der Waals surface area contributed by atoms with Crippen molar-refractivity contribution in [3.8, 4) is 0 Å². The van der Waals surface area contributed by atoms with Crippen LogP contribution in [0.15, 0.2) is 47.6 Å². The van der Waals surface area contributed by atoms with Crippen molar-refractivity contribution < 1.29 is 69.7 Å². The fourth-order valence-corrected chi connectivity index (χ4v) is 5.19. The van der Waals surface area contributed by atoms with Gasteiger partial charge in [-0.05, 0) is 65.9 Å². The summed E-state index contributed by atoms with van der Waals surface area (Å²) in [6.07, 6.45) is -6.76. The lowest BCUT2D eigenvalue weighted by Gasteiger charge is -2.47. The van der Waals surface area contributed by atoms with Gasteiger partial charge in [-0.15, -0.1) is 6.58 Å². The fourth-order valence-electron chi connectivity index (χ4n) is 5.19. The standard InChI is InChI=1S/C32H52O14/c1-6-32(5,12-8-11-17(2)9-7-10-18(3)13-20(35)14-19(4)29(41)42)46-31-28(26(39)24(37)22(16-34)44-31)45-30-27(40)25(38)23(36)21(15-33)43-30/h6,10-11,14,20-28,30-31,33-40H,1,7-9,12-13,15-16H2,2-5H3,(H,41,42)/b17-11+,18-10+,19-14+/t20?,21?,22?,23-,24-,25?,26?,27+,28+,30+,31+,32-/m1/s1. The van der Waals surface area contributed by atoms with Gasteiger partial charge in [0.05, 0.1) is 24.9 Å². The molecule has 2 heterocycles. The highest BCUT2D eigenvalue weighted by atomic mass is 16.8. The lowest BCUT2D eigenvalue weighted by Crippen LogP contribution is -2.65. The Hall–Kier alpha value is -2.05. The van der Waals surface area contributed by atoms with Gasteiger partial charge in [0.1, 0.15) is 48.8 Å². The molecular formula is C32H52O14. The molecule has 5 unspecified atom stereocenters. The van der Waals surface area contributed by atoms with Crippen molar-refractivity contribution in [3.63, 3.8) is 0 Å². The van der Waals surface area contributed by atoms with Crippen LogP contribution in [0.5, 0.6) is 0 Å². The maximum atomic E-state index is 10.9. The quantitative estimate of drug-likeness (QED) is 0.0727. The Morgan fingerprint density at radius 1 is 0.870 bits per heavy atom. The third-order valence-corrected chi connectivity index (χ3v) is 8.26. The second kappa shape index (κ2) is 18.5. The molecule has 12 atom stereocenters. The molecule has 0 spiro atoms. The highest BCUT2D eigenvalue weighted by molar-refractivity contribution is 5.85. The van der Waals surface area contributed by atoms with Gasteiger partial charge in [-0.1, -0.05) is 29.4 Å². The van der Waals surface area contributed by atoms with Crippen LogP contribution in [0.3, 0.4) is 0 Å². The number of ether oxygens (including phenoxy) is 4. The first-order chi connectivity index (χ1) is 21.6. The zero-order valence-corrected chi connectivity index (χ0v) is 26.9. The first kappa shape index (κ1) is 40.1. The summed E-state index contributed by atoms with van der Waals surface area (Å²) in [5, 5.41) is 90.3. The molecule has 2 aliphatic heterocycles. The maximum absolute atomic E-state index is 10.9. The van der Waals surface area contributed by atoms with Crippen molar-refractivity contribution in [2.24, 2.45) is 0 Å². The summed E-state index contributed by atoms with van der Waals surface area (Å²) >= 11 is 0. The Bertz CT molecular complexity index is 1070. The van der Waals surface area contributed by atoms with Gasteiger partial charge < -0.3 is 64.9 Å². The Morgan fingerprint density at radius 2 is 1.43 bits per heavy atom. The van der Waals surface area contributed by atoms with Crippen molar-refractivity contribution in [1.29, 1.82) is 0 Å². The monoisotopic (exact) mass is 660 g/mol. The number of carboxylic acid groups (broad SMARTS) is 1. The van der Waals surface area contributed by atoms with Gasteiger partial charge in [0, 0.05) is 5.57 Å². The molecule has 0 radical (unpaired) electrons. The van der Waals surface area contributed by atoms with Gasteiger partial charge in [0.25, 0.3) is 0 Å². The molecule has 14 heteroatoms. The zero-order chi connectivity index (χ0) is 34.8. The Balaban J connectivity index is 2.06. The number of rotatable bonds is 17. The molecule has 2 saturated heterocycles. The molecule has 0 aromatic rings. The first-order valence-electron chi connectivity index (χ1n) is 15.4.